The Bertz CT molecular complexity index is 729. The summed E-state index contributed by atoms with van der Waals surface area (Å²) in [6.07, 6.45) is 1.08. The molecule has 1 fully saturated rings. The van der Waals surface area contributed by atoms with Crippen molar-refractivity contribution in [3.8, 4) is 0 Å². The highest BCUT2D eigenvalue weighted by atomic mass is 16.6. The molecule has 1 aliphatic heterocycles. The van der Waals surface area contributed by atoms with Crippen LogP contribution in [0.3, 0.4) is 0 Å². The predicted octanol–water partition coefficient (Wildman–Crippen LogP) is 2.06. The van der Waals surface area contributed by atoms with E-state index in [0.29, 0.717) is 18.6 Å². The molecule has 0 radical (unpaired) electrons. The molecular weight excluding hydrogens is 270 g/mol. The van der Waals surface area contributed by atoms with Crippen LogP contribution in [0.2, 0.25) is 0 Å². The summed E-state index contributed by atoms with van der Waals surface area (Å²) in [7, 11) is 0. The Balaban J connectivity index is 1.79. The summed E-state index contributed by atoms with van der Waals surface area (Å²) in [5.41, 5.74) is 2.04. The lowest BCUT2D eigenvalue weighted by Gasteiger charge is -2.10. The van der Waals surface area contributed by atoms with E-state index in [1.807, 2.05) is 25.1 Å². The number of hydrogen-bond acceptors (Lipinski definition) is 4. The van der Waals surface area contributed by atoms with Gasteiger partial charge in [-0.05, 0) is 36.8 Å². The number of H-pyrrole nitrogens is 1. The number of carbonyl (C=O) groups is 1. The van der Waals surface area contributed by atoms with E-state index in [2.05, 4.69) is 4.98 Å². The van der Waals surface area contributed by atoms with Crippen LogP contribution < -0.4 is 5.56 Å². The Labute approximate surface area is 121 Å². The lowest BCUT2D eigenvalue weighted by atomic mass is 10.1. The molecule has 1 atom stereocenters. The van der Waals surface area contributed by atoms with Gasteiger partial charge in [-0.2, -0.15) is 0 Å². The summed E-state index contributed by atoms with van der Waals surface area (Å²) in [5, 5.41) is 0.928. The van der Waals surface area contributed by atoms with Gasteiger partial charge >= 0.3 is 5.97 Å². The number of esters is 1. The second-order valence-electron chi connectivity index (χ2n) is 5.27. The molecule has 0 saturated carbocycles. The summed E-state index contributed by atoms with van der Waals surface area (Å²) in [6.45, 7) is 2.50. The van der Waals surface area contributed by atoms with E-state index in [-0.39, 0.29) is 12.2 Å². The van der Waals surface area contributed by atoms with E-state index in [1.54, 1.807) is 6.07 Å². The van der Waals surface area contributed by atoms with Gasteiger partial charge < -0.3 is 14.5 Å². The molecule has 110 valence electrons. The molecule has 2 aromatic rings. The number of rotatable bonds is 3. The molecule has 1 aromatic carbocycles. The van der Waals surface area contributed by atoms with Gasteiger partial charge in [-0.1, -0.05) is 18.2 Å². The van der Waals surface area contributed by atoms with E-state index in [4.69, 9.17) is 9.47 Å². The third-order valence-corrected chi connectivity index (χ3v) is 3.73. The molecule has 0 unspecified atom stereocenters. The average molecular weight is 287 g/mol. The molecular formula is C16H17NO4. The summed E-state index contributed by atoms with van der Waals surface area (Å²) in [4.78, 5) is 26.7. The van der Waals surface area contributed by atoms with Gasteiger partial charge in [0, 0.05) is 6.61 Å². The van der Waals surface area contributed by atoms with Crippen LogP contribution in [0, 0.1) is 6.92 Å². The minimum atomic E-state index is -0.480. The maximum atomic E-state index is 12.0. The van der Waals surface area contributed by atoms with E-state index in [1.165, 1.54) is 0 Å². The third-order valence-electron chi connectivity index (χ3n) is 3.73. The fraction of sp³-hybridized carbons (Fsp3) is 0.375. The maximum absolute atomic E-state index is 12.0. The Morgan fingerprint density at radius 3 is 3.10 bits per heavy atom. The number of ether oxygens (including phenoxy) is 2. The molecule has 5 heteroatoms. The number of pyridine rings is 1. The normalized spacial score (nSPS) is 18.0. The van der Waals surface area contributed by atoms with Crippen LogP contribution in [0.5, 0.6) is 0 Å². The zero-order valence-electron chi connectivity index (χ0n) is 11.8. The van der Waals surface area contributed by atoms with Gasteiger partial charge in [0.15, 0.2) is 6.10 Å². The number of fused-ring (bicyclic) bond motifs is 1. The van der Waals surface area contributed by atoms with Crippen LogP contribution in [-0.2, 0) is 20.9 Å². The highest BCUT2D eigenvalue weighted by molar-refractivity contribution is 5.82. The Hall–Kier alpha value is -2.14. The minimum Gasteiger partial charge on any atom is -0.459 e. The first-order valence-corrected chi connectivity index (χ1v) is 7.05. The summed E-state index contributed by atoms with van der Waals surface area (Å²) >= 11 is 0. The summed E-state index contributed by atoms with van der Waals surface area (Å²) in [6, 6.07) is 7.56. The van der Waals surface area contributed by atoms with Crippen molar-refractivity contribution < 1.29 is 14.3 Å². The first kappa shape index (κ1) is 13.8. The largest absolute Gasteiger partial charge is 0.459 e. The Morgan fingerprint density at radius 1 is 1.48 bits per heavy atom. The molecule has 1 aromatic heterocycles. The lowest BCUT2D eigenvalue weighted by Crippen LogP contribution is -2.23. The van der Waals surface area contributed by atoms with Crippen LogP contribution in [0.1, 0.15) is 24.0 Å². The summed E-state index contributed by atoms with van der Waals surface area (Å²) in [5.74, 6) is -0.392. The molecule has 0 aliphatic carbocycles. The van der Waals surface area contributed by atoms with Crippen molar-refractivity contribution in [1.29, 1.82) is 0 Å². The van der Waals surface area contributed by atoms with Gasteiger partial charge in [0.25, 0.3) is 5.56 Å². The second kappa shape index (κ2) is 5.69. The molecule has 0 spiro atoms. The third kappa shape index (κ3) is 2.83. The first-order chi connectivity index (χ1) is 10.1. The van der Waals surface area contributed by atoms with Gasteiger partial charge in [0.2, 0.25) is 0 Å². The number of aromatic amines is 1. The number of aryl methyl sites for hydroxylation is 1. The van der Waals surface area contributed by atoms with Crippen molar-refractivity contribution in [1.82, 2.24) is 4.98 Å². The molecule has 5 nitrogen and oxygen atoms in total. The smallest absolute Gasteiger partial charge is 0.335 e. The molecule has 0 bridgehead atoms. The predicted molar refractivity (Wildman–Crippen MR) is 78.1 cm³/mol. The number of benzene rings is 1. The molecule has 2 heterocycles. The summed E-state index contributed by atoms with van der Waals surface area (Å²) < 4.78 is 10.4. The molecule has 21 heavy (non-hydrogen) atoms. The van der Waals surface area contributed by atoms with Crippen molar-refractivity contribution in [3.63, 3.8) is 0 Å². The van der Waals surface area contributed by atoms with Gasteiger partial charge in [0.05, 0.1) is 11.1 Å². The van der Waals surface area contributed by atoms with Crippen LogP contribution in [0.4, 0.5) is 0 Å². The van der Waals surface area contributed by atoms with Crippen LogP contribution in [0.15, 0.2) is 29.1 Å². The van der Waals surface area contributed by atoms with Gasteiger partial charge in [0.1, 0.15) is 6.61 Å². The molecule has 1 saturated heterocycles. The zero-order chi connectivity index (χ0) is 14.8. The SMILES string of the molecule is Cc1cccc2cc(COC(=O)[C@H]3CCCO3)c(=O)[nH]c12. The molecule has 1 N–H and O–H groups in total. The van der Waals surface area contributed by atoms with Crippen LogP contribution in [0.25, 0.3) is 10.9 Å². The minimum absolute atomic E-state index is 0.0299. The fourth-order valence-electron chi connectivity index (χ4n) is 2.54. The van der Waals surface area contributed by atoms with E-state index in [9.17, 15) is 9.59 Å². The van der Waals surface area contributed by atoms with Gasteiger partial charge in [-0.25, -0.2) is 4.79 Å². The van der Waals surface area contributed by atoms with Crippen molar-refractivity contribution in [2.75, 3.05) is 6.61 Å². The highest BCUT2D eigenvalue weighted by Gasteiger charge is 2.25. The van der Waals surface area contributed by atoms with Gasteiger partial charge in [-0.3, -0.25) is 4.79 Å². The monoisotopic (exact) mass is 287 g/mol. The average Bonchev–Trinajstić information content (AvgIpc) is 3.00. The number of para-hydroxylation sites is 1. The number of carbonyl (C=O) groups excluding carboxylic acids is 1. The number of aromatic nitrogens is 1. The van der Waals surface area contributed by atoms with E-state index < -0.39 is 12.1 Å². The topological polar surface area (TPSA) is 68.4 Å². The van der Waals surface area contributed by atoms with Crippen LogP contribution >= 0.6 is 0 Å². The lowest BCUT2D eigenvalue weighted by molar-refractivity contribution is -0.155. The van der Waals surface area contributed by atoms with Crippen LogP contribution in [-0.4, -0.2) is 23.7 Å². The number of nitrogens with one attached hydrogen (secondary N) is 1. The maximum Gasteiger partial charge on any atom is 0.335 e. The first-order valence-electron chi connectivity index (χ1n) is 7.05. The fourth-order valence-corrected chi connectivity index (χ4v) is 2.54. The molecule has 3 rings (SSSR count). The molecule has 1 aliphatic rings. The Kier molecular flexibility index (Phi) is 3.75. The van der Waals surface area contributed by atoms with Crippen molar-refractivity contribution >= 4 is 16.9 Å². The zero-order valence-corrected chi connectivity index (χ0v) is 11.8. The van der Waals surface area contributed by atoms with Crippen molar-refractivity contribution in [3.05, 3.63) is 45.7 Å². The second-order valence-corrected chi connectivity index (χ2v) is 5.27. The number of hydrogen-bond donors (Lipinski definition) is 1. The van der Waals surface area contributed by atoms with Crippen molar-refractivity contribution in [2.24, 2.45) is 0 Å². The van der Waals surface area contributed by atoms with Gasteiger partial charge in [-0.15, -0.1) is 0 Å². The molecule has 0 amide bonds. The highest BCUT2D eigenvalue weighted by Crippen LogP contribution is 2.17. The van der Waals surface area contributed by atoms with Crippen molar-refractivity contribution in [2.45, 2.75) is 32.5 Å². The van der Waals surface area contributed by atoms with E-state index >= 15 is 0 Å². The quantitative estimate of drug-likeness (QED) is 0.877. The standard InChI is InChI=1S/C16H17NO4/c1-10-4-2-5-11-8-12(15(18)17-14(10)11)9-21-16(19)13-6-3-7-20-13/h2,4-5,8,13H,3,6-7,9H2,1H3,(H,17,18)/t13-/m1/s1. The Morgan fingerprint density at radius 2 is 2.33 bits per heavy atom. The van der Waals surface area contributed by atoms with E-state index in [0.717, 1.165) is 22.9 Å².